The zero-order valence-electron chi connectivity index (χ0n) is 17.5. The van der Waals surface area contributed by atoms with Crippen LogP contribution >= 0.6 is 0 Å². The Labute approximate surface area is 190 Å². The molecule has 1 amide bonds. The van der Waals surface area contributed by atoms with Gasteiger partial charge in [0.2, 0.25) is 0 Å². The van der Waals surface area contributed by atoms with Gasteiger partial charge in [-0.25, -0.2) is 10.2 Å². The number of carbonyl (C=O) groups excluding carboxylic acids is 2. The molecule has 0 bridgehead atoms. The molecule has 0 aliphatic carbocycles. The summed E-state index contributed by atoms with van der Waals surface area (Å²) < 4.78 is 11.6. The number of non-ortho nitro benzene ring substituents is 1. The van der Waals surface area contributed by atoms with Crippen LogP contribution in [0, 0.1) is 20.2 Å². The van der Waals surface area contributed by atoms with Crippen LogP contribution in [-0.4, -0.2) is 44.8 Å². The van der Waals surface area contributed by atoms with Crippen LogP contribution in [0.3, 0.4) is 0 Å². The fraction of sp³-hybridized carbons (Fsp3) is 0.100. The molecule has 0 atom stereocenters. The van der Waals surface area contributed by atoms with Crippen molar-refractivity contribution in [3.8, 4) is 11.5 Å². The first-order valence-electron chi connectivity index (χ1n) is 9.40. The molecule has 14 heteroatoms. The second-order valence-electron chi connectivity index (χ2n) is 6.55. The number of nitrogens with one attached hydrogen (secondary N) is 1. The number of nitrogens with zero attached hydrogens (tertiary/aromatic N) is 5. The Bertz CT molecular complexity index is 1270. The molecule has 0 radical (unpaired) electrons. The van der Waals surface area contributed by atoms with Crippen molar-refractivity contribution in [1.29, 1.82) is 0 Å². The number of aromatic nitrogens is 2. The van der Waals surface area contributed by atoms with Gasteiger partial charge in [0.05, 0.1) is 28.7 Å². The number of benzene rings is 2. The third kappa shape index (κ3) is 5.97. The van der Waals surface area contributed by atoms with E-state index >= 15 is 0 Å². The minimum absolute atomic E-state index is 0.104. The maximum atomic E-state index is 12.3. The SMILES string of the molecule is COc1cc(C=NNC(=O)Cn2cc([N+](=O)[O-])cn2)ccc1OC(=O)c1ccc([N+](=O)[O-])cc1. The number of amides is 1. The molecule has 174 valence electrons. The van der Waals surface area contributed by atoms with Crippen molar-refractivity contribution in [1.82, 2.24) is 15.2 Å². The Morgan fingerprint density at radius 2 is 1.79 bits per heavy atom. The molecule has 1 N–H and O–H groups in total. The Morgan fingerprint density at radius 1 is 1.09 bits per heavy atom. The Balaban J connectivity index is 1.60. The molecule has 1 aromatic heterocycles. The summed E-state index contributed by atoms with van der Waals surface area (Å²) in [4.78, 5) is 44.4. The number of hydrogen-bond donors (Lipinski definition) is 1. The smallest absolute Gasteiger partial charge is 0.343 e. The van der Waals surface area contributed by atoms with Crippen LogP contribution in [0.15, 0.2) is 60.0 Å². The largest absolute Gasteiger partial charge is 0.493 e. The molecule has 2 aromatic carbocycles. The maximum Gasteiger partial charge on any atom is 0.343 e. The summed E-state index contributed by atoms with van der Waals surface area (Å²) in [7, 11) is 1.37. The van der Waals surface area contributed by atoms with Gasteiger partial charge < -0.3 is 9.47 Å². The molecule has 14 nitrogen and oxygen atoms in total. The van der Waals surface area contributed by atoms with Gasteiger partial charge in [-0.1, -0.05) is 0 Å². The number of carbonyl (C=O) groups is 2. The Hall–Kier alpha value is -5.14. The molecule has 3 rings (SSSR count). The predicted molar refractivity (Wildman–Crippen MR) is 116 cm³/mol. The topological polar surface area (TPSA) is 181 Å². The molecule has 0 saturated carbocycles. The predicted octanol–water partition coefficient (Wildman–Crippen LogP) is 2.08. The van der Waals surface area contributed by atoms with Crippen LogP contribution < -0.4 is 14.9 Å². The second kappa shape index (κ2) is 10.4. The summed E-state index contributed by atoms with van der Waals surface area (Å²) in [5.41, 5.74) is 2.48. The van der Waals surface area contributed by atoms with E-state index in [-0.39, 0.29) is 35.0 Å². The molecule has 0 spiro atoms. The van der Waals surface area contributed by atoms with E-state index in [2.05, 4.69) is 15.6 Å². The molecule has 3 aromatic rings. The highest BCUT2D eigenvalue weighted by atomic mass is 16.6. The summed E-state index contributed by atoms with van der Waals surface area (Å²) in [5.74, 6) is -0.989. The highest BCUT2D eigenvalue weighted by molar-refractivity contribution is 5.92. The molecule has 0 unspecified atom stereocenters. The van der Waals surface area contributed by atoms with Crippen LogP contribution in [0.1, 0.15) is 15.9 Å². The normalized spacial score (nSPS) is 10.6. The van der Waals surface area contributed by atoms with Crippen LogP contribution in [0.2, 0.25) is 0 Å². The van der Waals surface area contributed by atoms with Crippen molar-refractivity contribution in [3.05, 3.63) is 86.2 Å². The first-order chi connectivity index (χ1) is 16.3. The van der Waals surface area contributed by atoms with Crippen molar-refractivity contribution >= 4 is 29.5 Å². The van der Waals surface area contributed by atoms with E-state index in [9.17, 15) is 29.8 Å². The number of esters is 1. The number of nitro groups is 2. The standard InChI is InChI=1S/C20H16N6O8/c1-33-18-8-13(9-21-23-19(27)12-24-11-16(10-22-24)26(31)32)2-7-17(18)34-20(28)14-3-5-15(6-4-14)25(29)30/h2-11H,12H2,1H3,(H,23,27). The minimum atomic E-state index is -0.735. The highest BCUT2D eigenvalue weighted by Crippen LogP contribution is 2.28. The van der Waals surface area contributed by atoms with E-state index < -0.39 is 21.7 Å². The van der Waals surface area contributed by atoms with Crippen molar-refractivity contribution in [2.75, 3.05) is 7.11 Å². The van der Waals surface area contributed by atoms with E-state index in [4.69, 9.17) is 9.47 Å². The molecule has 1 heterocycles. The van der Waals surface area contributed by atoms with Crippen LogP contribution in [0.4, 0.5) is 11.4 Å². The van der Waals surface area contributed by atoms with Gasteiger partial charge in [-0.05, 0) is 35.9 Å². The molecule has 0 fully saturated rings. The molecule has 0 aliphatic heterocycles. The maximum absolute atomic E-state index is 12.3. The summed E-state index contributed by atoms with van der Waals surface area (Å²) in [6, 6.07) is 9.44. The van der Waals surface area contributed by atoms with Crippen molar-refractivity contribution in [2.45, 2.75) is 6.54 Å². The van der Waals surface area contributed by atoms with Gasteiger partial charge in [0.1, 0.15) is 18.9 Å². The summed E-state index contributed by atoms with van der Waals surface area (Å²) >= 11 is 0. The summed E-state index contributed by atoms with van der Waals surface area (Å²) in [6.07, 6.45) is 3.46. The van der Waals surface area contributed by atoms with E-state index in [0.717, 1.165) is 17.1 Å². The summed E-state index contributed by atoms with van der Waals surface area (Å²) in [5, 5.41) is 28.9. The Morgan fingerprint density at radius 3 is 2.41 bits per heavy atom. The van der Waals surface area contributed by atoms with Gasteiger partial charge in [0.25, 0.3) is 11.6 Å². The average molecular weight is 468 g/mol. The van der Waals surface area contributed by atoms with Crippen LogP contribution in [0.25, 0.3) is 0 Å². The van der Waals surface area contributed by atoms with Crippen molar-refractivity contribution in [3.63, 3.8) is 0 Å². The first kappa shape index (κ1) is 23.5. The van der Waals surface area contributed by atoms with Gasteiger partial charge >= 0.3 is 11.7 Å². The van der Waals surface area contributed by atoms with Crippen LogP contribution in [-0.2, 0) is 11.3 Å². The molecular weight excluding hydrogens is 452 g/mol. The number of hydrazone groups is 1. The fourth-order valence-corrected chi connectivity index (χ4v) is 2.62. The number of nitro benzene ring substituents is 1. The lowest BCUT2D eigenvalue weighted by atomic mass is 10.2. The lowest BCUT2D eigenvalue weighted by Crippen LogP contribution is -2.23. The van der Waals surface area contributed by atoms with Crippen LogP contribution in [0.5, 0.6) is 11.5 Å². The minimum Gasteiger partial charge on any atom is -0.493 e. The fourth-order valence-electron chi connectivity index (χ4n) is 2.62. The Kier molecular flexibility index (Phi) is 7.23. The number of ether oxygens (including phenoxy) is 2. The summed E-state index contributed by atoms with van der Waals surface area (Å²) in [6.45, 7) is -0.272. The third-order valence-electron chi connectivity index (χ3n) is 4.24. The lowest BCUT2D eigenvalue weighted by molar-refractivity contribution is -0.385. The monoisotopic (exact) mass is 468 g/mol. The number of hydrogen-bond acceptors (Lipinski definition) is 10. The third-order valence-corrected chi connectivity index (χ3v) is 4.24. The number of rotatable bonds is 9. The molecular formula is C20H16N6O8. The lowest BCUT2D eigenvalue weighted by Gasteiger charge is -2.10. The second-order valence-corrected chi connectivity index (χ2v) is 6.55. The quantitative estimate of drug-likeness (QED) is 0.162. The van der Waals surface area contributed by atoms with E-state index in [1.165, 1.54) is 49.7 Å². The molecule has 0 aliphatic rings. The van der Waals surface area contributed by atoms with Gasteiger partial charge in [0, 0.05) is 12.1 Å². The number of methoxy groups -OCH3 is 1. The van der Waals surface area contributed by atoms with Crippen molar-refractivity contribution < 1.29 is 28.9 Å². The van der Waals surface area contributed by atoms with Gasteiger partial charge in [-0.3, -0.25) is 29.7 Å². The molecule has 34 heavy (non-hydrogen) atoms. The van der Waals surface area contributed by atoms with Gasteiger partial charge in [0.15, 0.2) is 11.5 Å². The van der Waals surface area contributed by atoms with Gasteiger partial charge in [-0.2, -0.15) is 10.2 Å². The average Bonchev–Trinajstić information content (AvgIpc) is 3.28. The first-order valence-corrected chi connectivity index (χ1v) is 9.40. The van der Waals surface area contributed by atoms with E-state index in [0.29, 0.717) is 5.56 Å². The zero-order valence-corrected chi connectivity index (χ0v) is 17.5. The van der Waals surface area contributed by atoms with E-state index in [1.54, 1.807) is 6.07 Å². The van der Waals surface area contributed by atoms with Gasteiger partial charge in [-0.15, -0.1) is 0 Å². The van der Waals surface area contributed by atoms with E-state index in [1.807, 2.05) is 0 Å². The van der Waals surface area contributed by atoms with Crippen molar-refractivity contribution in [2.24, 2.45) is 5.10 Å². The highest BCUT2D eigenvalue weighted by Gasteiger charge is 2.15. The zero-order chi connectivity index (χ0) is 24.7. The molecule has 0 saturated heterocycles.